The van der Waals surface area contributed by atoms with E-state index >= 15 is 0 Å². The van der Waals surface area contributed by atoms with Gasteiger partial charge in [-0.15, -0.1) is 0 Å². The van der Waals surface area contributed by atoms with Gasteiger partial charge < -0.3 is 11.1 Å². The molecule has 4 nitrogen and oxygen atoms in total. The monoisotopic (exact) mass is 269 g/mol. The van der Waals surface area contributed by atoms with Gasteiger partial charge in [-0.1, -0.05) is 20.3 Å². The van der Waals surface area contributed by atoms with Crippen LogP contribution >= 0.6 is 0 Å². The molecule has 1 heterocycles. The predicted molar refractivity (Wildman–Crippen MR) is 80.0 cm³/mol. The van der Waals surface area contributed by atoms with Crippen LogP contribution in [0, 0.1) is 0 Å². The van der Waals surface area contributed by atoms with Crippen LogP contribution in [0.1, 0.15) is 59.3 Å². The zero-order valence-electron chi connectivity index (χ0n) is 12.8. The second-order valence-corrected chi connectivity index (χ2v) is 5.66. The molecule has 0 radical (unpaired) electrons. The first-order chi connectivity index (χ1) is 9.13. The van der Waals surface area contributed by atoms with E-state index in [9.17, 15) is 4.79 Å². The van der Waals surface area contributed by atoms with Gasteiger partial charge in [-0.3, -0.25) is 9.69 Å². The van der Waals surface area contributed by atoms with Crippen molar-refractivity contribution in [1.29, 1.82) is 0 Å². The smallest absolute Gasteiger partial charge is 0.237 e. The van der Waals surface area contributed by atoms with Crippen LogP contribution in [0.4, 0.5) is 0 Å². The number of carbonyl (C=O) groups excluding carboxylic acids is 1. The van der Waals surface area contributed by atoms with Crippen molar-refractivity contribution in [2.75, 3.05) is 13.1 Å². The molecular weight excluding hydrogens is 238 g/mol. The molecule has 0 saturated carbocycles. The molecule has 1 fully saturated rings. The molecule has 0 spiro atoms. The average molecular weight is 269 g/mol. The molecule has 0 aromatic heterocycles. The van der Waals surface area contributed by atoms with Gasteiger partial charge in [0, 0.05) is 12.1 Å². The van der Waals surface area contributed by atoms with Gasteiger partial charge in [0.05, 0.1) is 6.04 Å². The van der Waals surface area contributed by atoms with E-state index in [-0.39, 0.29) is 11.9 Å². The predicted octanol–water partition coefficient (Wildman–Crippen LogP) is 1.88. The Hall–Kier alpha value is -0.610. The number of piperidine rings is 1. The van der Waals surface area contributed by atoms with E-state index in [0.29, 0.717) is 18.6 Å². The number of hydrogen-bond acceptors (Lipinski definition) is 3. The Bertz CT molecular complexity index is 264. The molecular formula is C15H31N3O. The number of nitrogens with two attached hydrogens (primary N) is 1. The topological polar surface area (TPSA) is 58.4 Å². The Kier molecular flexibility index (Phi) is 7.39. The van der Waals surface area contributed by atoms with Crippen LogP contribution in [0.5, 0.6) is 0 Å². The maximum atomic E-state index is 12.3. The van der Waals surface area contributed by atoms with E-state index < -0.39 is 0 Å². The van der Waals surface area contributed by atoms with Crippen LogP contribution in [-0.4, -0.2) is 42.0 Å². The van der Waals surface area contributed by atoms with Gasteiger partial charge in [0.25, 0.3) is 0 Å². The first-order valence-corrected chi connectivity index (χ1v) is 7.90. The fourth-order valence-corrected chi connectivity index (χ4v) is 3.00. The van der Waals surface area contributed by atoms with Crippen molar-refractivity contribution in [2.24, 2.45) is 5.73 Å². The molecule has 2 atom stereocenters. The van der Waals surface area contributed by atoms with Gasteiger partial charge in [0.2, 0.25) is 5.91 Å². The Labute approximate surface area is 118 Å². The lowest BCUT2D eigenvalue weighted by molar-refractivity contribution is -0.128. The minimum atomic E-state index is -0.0301. The largest absolute Gasteiger partial charge is 0.352 e. The van der Waals surface area contributed by atoms with Crippen LogP contribution in [0.2, 0.25) is 0 Å². The summed E-state index contributed by atoms with van der Waals surface area (Å²) in [5.41, 5.74) is 5.69. The molecule has 0 aliphatic carbocycles. The number of likely N-dealkylation sites (tertiary alicyclic amines) is 1. The molecule has 0 aromatic carbocycles. The van der Waals surface area contributed by atoms with Crippen molar-refractivity contribution >= 4 is 5.91 Å². The van der Waals surface area contributed by atoms with Gasteiger partial charge in [-0.2, -0.15) is 0 Å². The lowest BCUT2D eigenvalue weighted by atomic mass is 9.97. The molecule has 1 saturated heterocycles. The minimum absolute atomic E-state index is 0.0301. The molecule has 1 rings (SSSR count). The second-order valence-electron chi connectivity index (χ2n) is 5.66. The summed E-state index contributed by atoms with van der Waals surface area (Å²) in [6.45, 7) is 8.02. The lowest BCUT2D eigenvalue weighted by Crippen LogP contribution is -2.53. The Morgan fingerprint density at radius 3 is 2.63 bits per heavy atom. The van der Waals surface area contributed by atoms with Crippen molar-refractivity contribution in [3.8, 4) is 0 Å². The molecule has 2 unspecified atom stereocenters. The minimum Gasteiger partial charge on any atom is -0.352 e. The van der Waals surface area contributed by atoms with Crippen LogP contribution < -0.4 is 11.1 Å². The third-order valence-corrected chi connectivity index (χ3v) is 4.38. The van der Waals surface area contributed by atoms with Gasteiger partial charge in [0.1, 0.15) is 0 Å². The van der Waals surface area contributed by atoms with Crippen LogP contribution in [0.25, 0.3) is 0 Å². The molecule has 1 aliphatic rings. The molecule has 0 aromatic rings. The van der Waals surface area contributed by atoms with Crippen molar-refractivity contribution in [3.05, 3.63) is 0 Å². The molecule has 19 heavy (non-hydrogen) atoms. The third-order valence-electron chi connectivity index (χ3n) is 4.38. The molecule has 4 heteroatoms. The van der Waals surface area contributed by atoms with E-state index in [1.165, 1.54) is 19.3 Å². The lowest BCUT2D eigenvalue weighted by Gasteiger charge is -2.39. The van der Waals surface area contributed by atoms with Gasteiger partial charge in [-0.25, -0.2) is 0 Å². The summed E-state index contributed by atoms with van der Waals surface area (Å²) in [7, 11) is 0. The first kappa shape index (κ1) is 16.4. The van der Waals surface area contributed by atoms with E-state index in [1.807, 2.05) is 6.92 Å². The molecule has 3 N–H and O–H groups in total. The molecule has 112 valence electrons. The number of nitrogens with zero attached hydrogens (tertiary/aromatic N) is 1. The molecule has 0 bridgehead atoms. The van der Waals surface area contributed by atoms with E-state index in [4.69, 9.17) is 5.73 Å². The average Bonchev–Trinajstić information content (AvgIpc) is 2.44. The summed E-state index contributed by atoms with van der Waals surface area (Å²) in [5, 5.41) is 3.16. The highest BCUT2D eigenvalue weighted by Gasteiger charge is 2.30. The molecule has 1 amide bonds. The SMILES string of the molecule is CCC(CC)NC(=O)C(C)N1CCCCC1CCN. The van der Waals surface area contributed by atoms with Crippen molar-refractivity contribution in [2.45, 2.75) is 77.4 Å². The number of carbonyl (C=O) groups is 1. The van der Waals surface area contributed by atoms with E-state index in [2.05, 4.69) is 24.1 Å². The summed E-state index contributed by atoms with van der Waals surface area (Å²) in [6, 6.07) is 0.770. The maximum Gasteiger partial charge on any atom is 0.237 e. The number of rotatable bonds is 7. The quantitative estimate of drug-likeness (QED) is 0.742. The second kappa shape index (κ2) is 8.54. The Morgan fingerprint density at radius 1 is 1.37 bits per heavy atom. The summed E-state index contributed by atoms with van der Waals surface area (Å²) in [6.07, 6.45) is 6.65. The Balaban J connectivity index is 2.57. The maximum absolute atomic E-state index is 12.3. The zero-order valence-corrected chi connectivity index (χ0v) is 12.8. The normalized spacial score (nSPS) is 22.5. The summed E-state index contributed by atoms with van der Waals surface area (Å²) < 4.78 is 0. The highest BCUT2D eigenvalue weighted by atomic mass is 16.2. The van der Waals surface area contributed by atoms with Crippen molar-refractivity contribution in [3.63, 3.8) is 0 Å². The fourth-order valence-electron chi connectivity index (χ4n) is 3.00. The zero-order chi connectivity index (χ0) is 14.3. The van der Waals surface area contributed by atoms with Crippen molar-refractivity contribution < 1.29 is 4.79 Å². The van der Waals surface area contributed by atoms with Crippen LogP contribution in [0.3, 0.4) is 0 Å². The standard InChI is InChI=1S/C15H31N3O/c1-4-13(5-2)17-15(19)12(3)18-11-7-6-8-14(18)9-10-16/h12-14H,4-11,16H2,1-3H3,(H,17,19). The fraction of sp³-hybridized carbons (Fsp3) is 0.933. The first-order valence-electron chi connectivity index (χ1n) is 7.90. The highest BCUT2D eigenvalue weighted by molar-refractivity contribution is 5.81. The highest BCUT2D eigenvalue weighted by Crippen LogP contribution is 2.21. The summed E-state index contributed by atoms with van der Waals surface area (Å²) in [5.74, 6) is 0.178. The van der Waals surface area contributed by atoms with Crippen LogP contribution in [-0.2, 0) is 4.79 Å². The number of amides is 1. The van der Waals surface area contributed by atoms with E-state index in [0.717, 1.165) is 25.8 Å². The summed E-state index contributed by atoms with van der Waals surface area (Å²) >= 11 is 0. The van der Waals surface area contributed by atoms with Crippen LogP contribution in [0.15, 0.2) is 0 Å². The van der Waals surface area contributed by atoms with Gasteiger partial charge >= 0.3 is 0 Å². The number of nitrogens with one attached hydrogen (secondary N) is 1. The molecule has 1 aliphatic heterocycles. The number of hydrogen-bond donors (Lipinski definition) is 2. The Morgan fingerprint density at radius 2 is 2.05 bits per heavy atom. The van der Waals surface area contributed by atoms with E-state index in [1.54, 1.807) is 0 Å². The van der Waals surface area contributed by atoms with Gasteiger partial charge in [-0.05, 0) is 52.1 Å². The van der Waals surface area contributed by atoms with Crippen molar-refractivity contribution in [1.82, 2.24) is 10.2 Å². The van der Waals surface area contributed by atoms with Gasteiger partial charge in [0.15, 0.2) is 0 Å². The third kappa shape index (κ3) is 4.77. The summed E-state index contributed by atoms with van der Waals surface area (Å²) in [4.78, 5) is 14.7.